The molecule has 0 N–H and O–H groups in total. The van der Waals surface area contributed by atoms with Gasteiger partial charge in [-0.25, -0.2) is 4.58 Å². The molecule has 2 nitrogen and oxygen atoms in total. The third-order valence-corrected chi connectivity index (χ3v) is 1.26. The van der Waals surface area contributed by atoms with Gasteiger partial charge in [-0.15, -0.1) is 0 Å². The lowest BCUT2D eigenvalue weighted by atomic mass is 10.2. The molecule has 1 heterocycles. The van der Waals surface area contributed by atoms with E-state index in [0.29, 0.717) is 6.10 Å². The van der Waals surface area contributed by atoms with E-state index in [1.54, 1.807) is 7.11 Å². The van der Waals surface area contributed by atoms with E-state index in [0.717, 1.165) is 13.1 Å². The number of ether oxygens (including phenoxy) is 1. The summed E-state index contributed by atoms with van der Waals surface area (Å²) in [6, 6.07) is 0. The molecule has 1 aliphatic rings. The first-order valence-corrected chi connectivity index (χ1v) is 2.41. The Hall–Kier alpha value is -0.370. The zero-order valence-electron chi connectivity index (χ0n) is 4.55. The van der Waals surface area contributed by atoms with Gasteiger partial charge in [0.05, 0.1) is 0 Å². The fourth-order valence-corrected chi connectivity index (χ4v) is 0.672. The molecule has 1 saturated heterocycles. The van der Waals surface area contributed by atoms with Crippen LogP contribution >= 0.6 is 0 Å². The minimum absolute atomic E-state index is 0.456. The Morgan fingerprint density at radius 3 is 2.43 bits per heavy atom. The number of hydrogen-bond donors (Lipinski definition) is 0. The summed E-state index contributed by atoms with van der Waals surface area (Å²) in [4.78, 5) is 0. The number of rotatable bonds is 1. The smallest absolute Gasteiger partial charge is 0.174 e. The summed E-state index contributed by atoms with van der Waals surface area (Å²) in [7, 11) is 1.73. The van der Waals surface area contributed by atoms with Crippen LogP contribution in [0.2, 0.25) is 0 Å². The lowest BCUT2D eigenvalue weighted by Crippen LogP contribution is -2.44. The van der Waals surface area contributed by atoms with Crippen LogP contribution in [0.3, 0.4) is 0 Å². The normalized spacial score (nSPS) is 22.1. The maximum absolute atomic E-state index is 4.97. The van der Waals surface area contributed by atoms with E-state index < -0.39 is 0 Å². The van der Waals surface area contributed by atoms with Gasteiger partial charge in [0, 0.05) is 7.11 Å². The first-order chi connectivity index (χ1) is 3.33. The van der Waals surface area contributed by atoms with Crippen LogP contribution in [0.1, 0.15) is 0 Å². The molecule has 40 valence electrons. The fourth-order valence-electron chi connectivity index (χ4n) is 0.672. The average molecular weight is 100 g/mol. The van der Waals surface area contributed by atoms with Crippen LogP contribution in [-0.4, -0.2) is 37.6 Å². The zero-order chi connectivity index (χ0) is 5.28. The molecule has 1 aliphatic heterocycles. The Labute approximate surface area is 43.4 Å². The molecule has 0 radical (unpaired) electrons. The van der Waals surface area contributed by atoms with E-state index in [-0.39, 0.29) is 0 Å². The quantitative estimate of drug-likeness (QED) is 0.413. The SMILES string of the molecule is C=[N+]1CC(OC)C1. The number of nitrogens with zero attached hydrogens (tertiary/aromatic N) is 1. The van der Waals surface area contributed by atoms with Crippen molar-refractivity contribution in [2.75, 3.05) is 20.2 Å². The topological polar surface area (TPSA) is 12.2 Å². The maximum Gasteiger partial charge on any atom is 0.174 e. The predicted molar refractivity (Wildman–Crippen MR) is 27.9 cm³/mol. The molecule has 1 fully saturated rings. The van der Waals surface area contributed by atoms with Crippen LogP contribution in [0.5, 0.6) is 0 Å². The van der Waals surface area contributed by atoms with Gasteiger partial charge in [-0.05, 0) is 0 Å². The number of methoxy groups -OCH3 is 1. The molecule has 0 aromatic heterocycles. The van der Waals surface area contributed by atoms with Gasteiger partial charge in [0.1, 0.15) is 6.72 Å². The predicted octanol–water partition coefficient (Wildman–Crippen LogP) is -0.272. The van der Waals surface area contributed by atoms with Gasteiger partial charge in [-0.3, -0.25) is 0 Å². The Bertz CT molecular complexity index is 82.1. The van der Waals surface area contributed by atoms with E-state index in [9.17, 15) is 0 Å². The van der Waals surface area contributed by atoms with Crippen LogP contribution in [0.25, 0.3) is 0 Å². The van der Waals surface area contributed by atoms with E-state index in [1.165, 1.54) is 0 Å². The van der Waals surface area contributed by atoms with Crippen molar-refractivity contribution >= 4 is 6.72 Å². The average Bonchev–Trinajstić information content (AvgIpc) is 1.58. The third kappa shape index (κ3) is 0.800. The summed E-state index contributed by atoms with van der Waals surface area (Å²) in [5.41, 5.74) is 0. The van der Waals surface area contributed by atoms with Crippen molar-refractivity contribution in [3.63, 3.8) is 0 Å². The molecule has 0 aromatic rings. The molecule has 1 rings (SSSR count). The van der Waals surface area contributed by atoms with Gasteiger partial charge < -0.3 is 4.74 Å². The van der Waals surface area contributed by atoms with E-state index >= 15 is 0 Å². The lowest BCUT2D eigenvalue weighted by molar-refractivity contribution is -0.601. The molecule has 0 aromatic carbocycles. The first-order valence-electron chi connectivity index (χ1n) is 2.41. The van der Waals surface area contributed by atoms with Gasteiger partial charge >= 0.3 is 0 Å². The van der Waals surface area contributed by atoms with Crippen molar-refractivity contribution in [1.29, 1.82) is 0 Å². The fraction of sp³-hybridized carbons (Fsp3) is 0.800. The largest absolute Gasteiger partial charge is 0.368 e. The van der Waals surface area contributed by atoms with Crippen molar-refractivity contribution in [2.24, 2.45) is 0 Å². The second kappa shape index (κ2) is 1.62. The van der Waals surface area contributed by atoms with Crippen molar-refractivity contribution in [3.05, 3.63) is 0 Å². The Morgan fingerprint density at radius 1 is 1.71 bits per heavy atom. The molecule has 2 heteroatoms. The zero-order valence-corrected chi connectivity index (χ0v) is 4.55. The molecular weight excluding hydrogens is 90.1 g/mol. The molecule has 0 bridgehead atoms. The standard InChI is InChI=1S/C5H10NO/c1-6-3-5(4-6)7-2/h5H,1,3-4H2,2H3/q+1. The Morgan fingerprint density at radius 2 is 2.29 bits per heavy atom. The molecule has 0 amide bonds. The van der Waals surface area contributed by atoms with Gasteiger partial charge in [0.25, 0.3) is 0 Å². The first kappa shape index (κ1) is 4.78. The van der Waals surface area contributed by atoms with Crippen LogP contribution in [0, 0.1) is 0 Å². The van der Waals surface area contributed by atoms with Crippen molar-refractivity contribution in [3.8, 4) is 0 Å². The van der Waals surface area contributed by atoms with Crippen molar-refractivity contribution < 1.29 is 9.31 Å². The monoisotopic (exact) mass is 100 g/mol. The Balaban J connectivity index is 2.17. The van der Waals surface area contributed by atoms with Crippen LogP contribution < -0.4 is 0 Å². The minimum Gasteiger partial charge on any atom is -0.368 e. The van der Waals surface area contributed by atoms with Gasteiger partial charge in [0.2, 0.25) is 0 Å². The summed E-state index contributed by atoms with van der Waals surface area (Å²) < 4.78 is 6.96. The van der Waals surface area contributed by atoms with E-state index in [4.69, 9.17) is 4.74 Å². The molecule has 0 aliphatic carbocycles. The summed E-state index contributed by atoms with van der Waals surface area (Å²) in [5.74, 6) is 0. The molecule has 0 unspecified atom stereocenters. The molecule has 0 atom stereocenters. The van der Waals surface area contributed by atoms with Crippen LogP contribution in [-0.2, 0) is 4.74 Å². The van der Waals surface area contributed by atoms with Crippen molar-refractivity contribution in [2.45, 2.75) is 6.10 Å². The van der Waals surface area contributed by atoms with E-state index in [1.807, 2.05) is 4.58 Å². The molecule has 0 spiro atoms. The van der Waals surface area contributed by atoms with Gasteiger partial charge in [-0.1, -0.05) is 0 Å². The van der Waals surface area contributed by atoms with Gasteiger partial charge in [-0.2, -0.15) is 0 Å². The number of hydrogen-bond acceptors (Lipinski definition) is 1. The Kier molecular flexibility index (Phi) is 1.11. The summed E-state index contributed by atoms with van der Waals surface area (Å²) in [6.45, 7) is 5.69. The highest BCUT2D eigenvalue weighted by molar-refractivity contribution is 5.15. The third-order valence-electron chi connectivity index (χ3n) is 1.26. The highest BCUT2D eigenvalue weighted by atomic mass is 16.5. The lowest BCUT2D eigenvalue weighted by Gasteiger charge is -2.19. The van der Waals surface area contributed by atoms with Crippen LogP contribution in [0.15, 0.2) is 0 Å². The van der Waals surface area contributed by atoms with Gasteiger partial charge in [0.15, 0.2) is 19.2 Å². The molecule has 7 heavy (non-hydrogen) atoms. The summed E-state index contributed by atoms with van der Waals surface area (Å²) >= 11 is 0. The molecular formula is C5H10NO+. The highest BCUT2D eigenvalue weighted by Crippen LogP contribution is 2.00. The summed E-state index contributed by atoms with van der Waals surface area (Å²) in [6.07, 6.45) is 0.456. The highest BCUT2D eigenvalue weighted by Gasteiger charge is 2.27. The van der Waals surface area contributed by atoms with Crippen molar-refractivity contribution in [1.82, 2.24) is 0 Å². The van der Waals surface area contributed by atoms with Crippen LogP contribution in [0.4, 0.5) is 0 Å². The van der Waals surface area contributed by atoms with E-state index in [2.05, 4.69) is 6.72 Å². The molecule has 0 saturated carbocycles. The maximum atomic E-state index is 4.97. The second-order valence-electron chi connectivity index (χ2n) is 1.89. The summed E-state index contributed by atoms with van der Waals surface area (Å²) in [5, 5.41) is 0. The minimum atomic E-state index is 0.456. The second-order valence-corrected chi connectivity index (χ2v) is 1.89.